The van der Waals surface area contributed by atoms with E-state index in [2.05, 4.69) is 6.08 Å². The molecule has 0 spiro atoms. The average Bonchev–Trinajstić information content (AvgIpc) is 2.56. The van der Waals surface area contributed by atoms with Gasteiger partial charge in [-0.1, -0.05) is 6.92 Å². The van der Waals surface area contributed by atoms with Crippen LogP contribution in [-0.2, 0) is 6.42 Å². The maximum atomic E-state index is 14.4. The number of benzene rings is 1. The van der Waals surface area contributed by atoms with Crippen molar-refractivity contribution >= 4 is 21.9 Å². The average molecular weight is 341 g/mol. The van der Waals surface area contributed by atoms with Gasteiger partial charge in [-0.25, -0.2) is 4.79 Å². The third-order valence-corrected chi connectivity index (χ3v) is 4.27. The summed E-state index contributed by atoms with van der Waals surface area (Å²) in [5.41, 5.74) is -0.712. The Labute approximate surface area is 141 Å². The lowest BCUT2D eigenvalue weighted by Gasteiger charge is -2.21. The zero-order valence-corrected chi connectivity index (χ0v) is 13.9. The van der Waals surface area contributed by atoms with Crippen molar-refractivity contribution in [2.45, 2.75) is 33.3 Å². The first kappa shape index (κ1) is 15.6. The maximum absolute atomic E-state index is 14.4. The number of hydrogen-bond acceptors (Lipinski definition) is 5. The lowest BCUT2D eigenvalue weighted by Crippen LogP contribution is -2.17. The van der Waals surface area contributed by atoms with Gasteiger partial charge >= 0.3 is 5.63 Å². The molecule has 0 saturated heterocycles. The fourth-order valence-electron chi connectivity index (χ4n) is 3.21. The summed E-state index contributed by atoms with van der Waals surface area (Å²) in [5, 5.41) is 0.371. The summed E-state index contributed by atoms with van der Waals surface area (Å²) in [6.45, 7) is 5.17. The van der Waals surface area contributed by atoms with Crippen LogP contribution in [0.4, 0.5) is 4.39 Å². The standard InChI is InChI=1S/C19H14FO5/c1-4-10-13-16-11(6-5-8(2)23-16)17-14(12(21)7-9(3)24-17)18(13)25-19(22)15(10)20/h5,7-8H,4H2,1-3H3. The highest BCUT2D eigenvalue weighted by Crippen LogP contribution is 2.41. The van der Waals surface area contributed by atoms with Gasteiger partial charge in [0.15, 0.2) is 16.6 Å². The molecule has 0 saturated carbocycles. The molecule has 1 aromatic carbocycles. The van der Waals surface area contributed by atoms with Gasteiger partial charge in [0, 0.05) is 11.6 Å². The second-order valence-corrected chi connectivity index (χ2v) is 6.00. The van der Waals surface area contributed by atoms with E-state index in [1.54, 1.807) is 26.8 Å². The van der Waals surface area contributed by atoms with Crippen LogP contribution >= 0.6 is 0 Å². The Morgan fingerprint density at radius 3 is 2.68 bits per heavy atom. The van der Waals surface area contributed by atoms with E-state index in [1.807, 2.05) is 0 Å². The minimum absolute atomic E-state index is 0.0124. The Hall–Kier alpha value is -2.89. The number of hydrogen-bond donors (Lipinski definition) is 0. The molecule has 127 valence electrons. The Balaban J connectivity index is 2.39. The molecule has 1 unspecified atom stereocenters. The van der Waals surface area contributed by atoms with Crippen molar-refractivity contribution in [3.8, 4) is 5.75 Å². The first-order valence-corrected chi connectivity index (χ1v) is 7.94. The molecule has 0 N–H and O–H groups in total. The van der Waals surface area contributed by atoms with Crippen LogP contribution in [0.1, 0.15) is 30.7 Å². The van der Waals surface area contributed by atoms with Crippen molar-refractivity contribution in [2.75, 3.05) is 0 Å². The lowest BCUT2D eigenvalue weighted by molar-refractivity contribution is 0.265. The molecule has 5 nitrogen and oxygen atoms in total. The van der Waals surface area contributed by atoms with Gasteiger partial charge < -0.3 is 13.6 Å². The van der Waals surface area contributed by atoms with Crippen molar-refractivity contribution < 1.29 is 18.0 Å². The monoisotopic (exact) mass is 341 g/mol. The van der Waals surface area contributed by atoms with Gasteiger partial charge in [0.25, 0.3) is 0 Å². The molecule has 3 aromatic rings. The fraction of sp³-hybridized carbons (Fsp3) is 0.263. The van der Waals surface area contributed by atoms with Crippen molar-refractivity contribution in [2.24, 2.45) is 0 Å². The van der Waals surface area contributed by atoms with E-state index < -0.39 is 11.4 Å². The minimum Gasteiger partial charge on any atom is -0.485 e. The van der Waals surface area contributed by atoms with Gasteiger partial charge in [-0.05, 0) is 32.4 Å². The van der Waals surface area contributed by atoms with Gasteiger partial charge in [-0.2, -0.15) is 4.39 Å². The summed E-state index contributed by atoms with van der Waals surface area (Å²) in [5.74, 6) is -0.260. The van der Waals surface area contributed by atoms with E-state index in [1.165, 1.54) is 6.07 Å². The topological polar surface area (TPSA) is 69.7 Å². The highest BCUT2D eigenvalue weighted by Gasteiger charge is 2.28. The van der Waals surface area contributed by atoms with Crippen LogP contribution < -0.4 is 15.8 Å². The van der Waals surface area contributed by atoms with Crippen LogP contribution in [0.5, 0.6) is 5.75 Å². The van der Waals surface area contributed by atoms with Gasteiger partial charge in [0.1, 0.15) is 23.0 Å². The molecule has 25 heavy (non-hydrogen) atoms. The molecule has 0 amide bonds. The summed E-state index contributed by atoms with van der Waals surface area (Å²) in [6.07, 6.45) is 4.69. The molecule has 1 radical (unpaired) electrons. The molecule has 4 rings (SSSR count). The zero-order valence-electron chi connectivity index (χ0n) is 13.9. The normalized spacial score (nSPS) is 16.2. The summed E-state index contributed by atoms with van der Waals surface area (Å²) in [7, 11) is 0. The second kappa shape index (κ2) is 5.31. The Morgan fingerprint density at radius 1 is 1.20 bits per heavy atom. The Morgan fingerprint density at radius 2 is 1.96 bits per heavy atom. The molecule has 2 aromatic heterocycles. The molecule has 1 aliphatic rings. The van der Waals surface area contributed by atoms with Crippen LogP contribution in [0.25, 0.3) is 21.9 Å². The van der Waals surface area contributed by atoms with Crippen molar-refractivity contribution in [1.82, 2.24) is 0 Å². The third kappa shape index (κ3) is 2.13. The summed E-state index contributed by atoms with van der Waals surface area (Å²) in [4.78, 5) is 24.5. The van der Waals surface area contributed by atoms with Crippen LogP contribution in [0.15, 0.2) is 30.6 Å². The molecular formula is C19H14FO5. The summed E-state index contributed by atoms with van der Waals surface area (Å²) in [6, 6.07) is 1.30. The first-order chi connectivity index (χ1) is 11.9. The van der Waals surface area contributed by atoms with Crippen molar-refractivity contribution in [3.05, 3.63) is 61.6 Å². The molecule has 3 heterocycles. The molecule has 0 fully saturated rings. The van der Waals surface area contributed by atoms with Crippen LogP contribution in [0.2, 0.25) is 0 Å². The molecule has 0 aliphatic carbocycles. The summed E-state index contributed by atoms with van der Waals surface area (Å²) >= 11 is 0. The fourth-order valence-corrected chi connectivity index (χ4v) is 3.21. The van der Waals surface area contributed by atoms with Crippen LogP contribution in [-0.4, -0.2) is 6.10 Å². The highest BCUT2D eigenvalue weighted by molar-refractivity contribution is 6.08. The van der Waals surface area contributed by atoms with Crippen LogP contribution in [0.3, 0.4) is 0 Å². The zero-order chi connectivity index (χ0) is 17.9. The largest absolute Gasteiger partial charge is 0.485 e. The minimum atomic E-state index is -1.12. The van der Waals surface area contributed by atoms with Gasteiger partial charge in [0.2, 0.25) is 5.82 Å². The quantitative estimate of drug-likeness (QED) is 0.501. The number of aryl methyl sites for hydroxylation is 2. The number of rotatable bonds is 1. The van der Waals surface area contributed by atoms with E-state index in [0.717, 1.165) is 0 Å². The Bertz CT molecular complexity index is 1180. The predicted octanol–water partition coefficient (Wildman–Crippen LogP) is 3.40. The van der Waals surface area contributed by atoms with E-state index in [9.17, 15) is 14.0 Å². The van der Waals surface area contributed by atoms with E-state index in [0.29, 0.717) is 17.1 Å². The molecule has 0 bridgehead atoms. The van der Waals surface area contributed by atoms with E-state index in [-0.39, 0.29) is 45.5 Å². The molecular weight excluding hydrogens is 327 g/mol. The van der Waals surface area contributed by atoms with Gasteiger partial charge in [-0.15, -0.1) is 0 Å². The number of fused-ring (bicyclic) bond motifs is 6. The highest BCUT2D eigenvalue weighted by atomic mass is 19.1. The van der Waals surface area contributed by atoms with Gasteiger partial charge in [-0.3, -0.25) is 4.79 Å². The number of ether oxygens (including phenoxy) is 1. The van der Waals surface area contributed by atoms with Crippen molar-refractivity contribution in [3.63, 3.8) is 0 Å². The van der Waals surface area contributed by atoms with Crippen LogP contribution in [0, 0.1) is 18.8 Å². The number of halogens is 1. The van der Waals surface area contributed by atoms with Crippen molar-refractivity contribution in [1.29, 1.82) is 0 Å². The second-order valence-electron chi connectivity index (χ2n) is 6.00. The summed E-state index contributed by atoms with van der Waals surface area (Å²) < 4.78 is 31.1. The molecule has 1 atom stereocenters. The smallest absolute Gasteiger partial charge is 0.372 e. The first-order valence-electron chi connectivity index (χ1n) is 7.94. The Kier molecular flexibility index (Phi) is 3.32. The lowest BCUT2D eigenvalue weighted by atomic mass is 9.97. The van der Waals surface area contributed by atoms with E-state index in [4.69, 9.17) is 13.6 Å². The predicted molar refractivity (Wildman–Crippen MR) is 89.6 cm³/mol. The SMILES string of the molecule is CCc1c(F)c(=O)oc2c1c1c(c3oc(C)cc(=O)c32)[C]=CC(C)O1. The van der Waals surface area contributed by atoms with E-state index >= 15 is 0 Å². The maximum Gasteiger partial charge on any atom is 0.372 e. The molecule has 6 heteroatoms. The van der Waals surface area contributed by atoms with Gasteiger partial charge in [0.05, 0.1) is 10.9 Å². The third-order valence-electron chi connectivity index (χ3n) is 4.27. The molecule has 1 aliphatic heterocycles.